The predicted octanol–water partition coefficient (Wildman–Crippen LogP) is 2.13. The Hall–Kier alpha value is -3.65. The van der Waals surface area contributed by atoms with Crippen molar-refractivity contribution in [3.05, 3.63) is 66.5 Å². The first-order chi connectivity index (χ1) is 14.2. The smallest absolute Gasteiger partial charge is 0.304 e. The summed E-state index contributed by atoms with van der Waals surface area (Å²) in [6.45, 7) is 1.72. The lowest BCUT2D eigenvalue weighted by Gasteiger charge is -2.10. The van der Waals surface area contributed by atoms with E-state index in [2.05, 4.69) is 20.3 Å². The van der Waals surface area contributed by atoms with Crippen LogP contribution in [0, 0.1) is 0 Å². The van der Waals surface area contributed by atoms with Gasteiger partial charge in [-0.3, -0.25) is 4.99 Å². The molecule has 6 N–H and O–H groups in total. The van der Waals surface area contributed by atoms with Gasteiger partial charge >= 0.3 is 5.88 Å². The number of H-pyrrole nitrogens is 1. The lowest BCUT2D eigenvalue weighted by Crippen LogP contribution is -2.25. The van der Waals surface area contributed by atoms with E-state index >= 15 is 0 Å². The van der Waals surface area contributed by atoms with E-state index in [-0.39, 0.29) is 11.9 Å². The molecule has 1 aliphatic heterocycles. The molecule has 3 aromatic rings. The number of nitrogens with two attached hydrogens (primary N) is 2. The molecule has 0 bridgehead atoms. The van der Waals surface area contributed by atoms with Crippen LogP contribution in [-0.2, 0) is 0 Å². The van der Waals surface area contributed by atoms with E-state index in [0.29, 0.717) is 28.8 Å². The molecule has 1 aromatic heterocycles. The predicted molar refractivity (Wildman–Crippen MR) is 110 cm³/mol. The van der Waals surface area contributed by atoms with Crippen molar-refractivity contribution in [2.75, 3.05) is 18.8 Å². The van der Waals surface area contributed by atoms with Crippen molar-refractivity contribution in [1.29, 1.82) is 0 Å². The van der Waals surface area contributed by atoms with Gasteiger partial charge in [0.15, 0.2) is 5.56 Å². The molecule has 1 aliphatic rings. The third-order valence-corrected chi connectivity index (χ3v) is 4.52. The normalized spacial score (nSPS) is 16.6. The van der Waals surface area contributed by atoms with E-state index in [0.717, 1.165) is 25.3 Å². The quantitative estimate of drug-likeness (QED) is 0.437. The van der Waals surface area contributed by atoms with Gasteiger partial charge in [-0.05, 0) is 54.3 Å². The van der Waals surface area contributed by atoms with Crippen molar-refractivity contribution in [3.8, 4) is 23.1 Å². The minimum atomic E-state index is 0.122. The standard InChI is InChI=1S/C21H22N6O2/c22-19-18(20(23)27-14-10-11-24-12-14)21(26-13-25-19)29-17-8-6-16(7-9-17)28-15-4-2-1-3-5-15/h1-9,13-14,24H,10-12H2,(H2,23,27)(H2,22,25,26)/p+1/t14-/m1/s1. The maximum atomic E-state index is 6.22. The summed E-state index contributed by atoms with van der Waals surface area (Å²) in [5.74, 6) is 3.03. The number of aliphatic imine (C=N–C) groups is 1. The molecule has 0 amide bonds. The number of hydrogen-bond acceptors (Lipinski definition) is 6. The number of para-hydroxylation sites is 1. The molecule has 0 radical (unpaired) electrons. The van der Waals surface area contributed by atoms with Crippen LogP contribution in [0.3, 0.4) is 0 Å². The third kappa shape index (κ3) is 4.61. The van der Waals surface area contributed by atoms with Crippen molar-refractivity contribution in [2.45, 2.75) is 12.5 Å². The van der Waals surface area contributed by atoms with E-state index < -0.39 is 0 Å². The Morgan fingerprint density at radius 1 is 1.03 bits per heavy atom. The van der Waals surface area contributed by atoms with Gasteiger partial charge < -0.3 is 26.3 Å². The zero-order valence-electron chi connectivity index (χ0n) is 15.8. The van der Waals surface area contributed by atoms with Crippen molar-refractivity contribution >= 4 is 11.7 Å². The fourth-order valence-corrected chi connectivity index (χ4v) is 3.07. The molecule has 2 heterocycles. The Balaban J connectivity index is 1.52. The Kier molecular flexibility index (Phi) is 5.53. The summed E-state index contributed by atoms with van der Waals surface area (Å²) in [4.78, 5) is 11.6. The molecule has 0 saturated carbocycles. The van der Waals surface area contributed by atoms with E-state index in [4.69, 9.17) is 20.9 Å². The van der Waals surface area contributed by atoms with Crippen LogP contribution >= 0.6 is 0 Å². The van der Waals surface area contributed by atoms with E-state index in [9.17, 15) is 0 Å². The Morgan fingerprint density at radius 2 is 1.72 bits per heavy atom. The molecular formula is C21H23N6O2+. The Morgan fingerprint density at radius 3 is 2.41 bits per heavy atom. The number of nitrogen functional groups attached to an aromatic ring is 1. The molecule has 148 valence electrons. The largest absolute Gasteiger partial charge is 0.457 e. The number of nitrogens with zero attached hydrogens (tertiary/aromatic N) is 2. The van der Waals surface area contributed by atoms with Gasteiger partial charge in [-0.25, -0.2) is 4.98 Å². The van der Waals surface area contributed by atoms with Crippen LogP contribution in [0.25, 0.3) is 0 Å². The van der Waals surface area contributed by atoms with Gasteiger partial charge in [0.1, 0.15) is 23.1 Å². The first kappa shape index (κ1) is 18.7. The van der Waals surface area contributed by atoms with Crippen LogP contribution in [0.4, 0.5) is 5.82 Å². The summed E-state index contributed by atoms with van der Waals surface area (Å²) in [5, 5.41) is 3.26. The van der Waals surface area contributed by atoms with Gasteiger partial charge in [0.25, 0.3) is 12.1 Å². The molecule has 0 aliphatic carbocycles. The molecule has 1 atom stereocenters. The molecule has 4 rings (SSSR count). The van der Waals surface area contributed by atoms with Crippen LogP contribution in [-0.4, -0.2) is 30.0 Å². The fourth-order valence-electron chi connectivity index (χ4n) is 3.07. The highest BCUT2D eigenvalue weighted by molar-refractivity contribution is 6.03. The maximum Gasteiger partial charge on any atom is 0.304 e. The lowest BCUT2D eigenvalue weighted by atomic mass is 10.2. The second-order valence-corrected chi connectivity index (χ2v) is 6.64. The van der Waals surface area contributed by atoms with E-state index in [1.807, 2.05) is 42.5 Å². The second-order valence-electron chi connectivity index (χ2n) is 6.64. The van der Waals surface area contributed by atoms with Crippen LogP contribution < -0.4 is 31.2 Å². The summed E-state index contributed by atoms with van der Waals surface area (Å²) < 4.78 is 11.8. The van der Waals surface area contributed by atoms with Gasteiger partial charge in [-0.15, -0.1) is 0 Å². The summed E-state index contributed by atoms with van der Waals surface area (Å²) in [6, 6.07) is 17.0. The van der Waals surface area contributed by atoms with E-state index in [1.165, 1.54) is 6.33 Å². The van der Waals surface area contributed by atoms with Gasteiger partial charge in [-0.2, -0.15) is 0 Å². The van der Waals surface area contributed by atoms with Gasteiger partial charge in [0, 0.05) is 6.54 Å². The number of aromatic nitrogens is 2. The zero-order valence-corrected chi connectivity index (χ0v) is 15.8. The van der Waals surface area contributed by atoms with Gasteiger partial charge in [0.05, 0.1) is 6.04 Å². The second kappa shape index (κ2) is 8.57. The molecule has 2 aromatic carbocycles. The monoisotopic (exact) mass is 391 g/mol. The van der Waals surface area contributed by atoms with Crippen molar-refractivity contribution in [1.82, 2.24) is 10.3 Å². The Bertz CT molecular complexity index is 986. The highest BCUT2D eigenvalue weighted by Gasteiger charge is 2.23. The van der Waals surface area contributed by atoms with Gasteiger partial charge in [-0.1, -0.05) is 18.2 Å². The van der Waals surface area contributed by atoms with Gasteiger partial charge in [0.2, 0.25) is 0 Å². The molecule has 29 heavy (non-hydrogen) atoms. The number of amidine groups is 1. The minimum Gasteiger partial charge on any atom is -0.457 e. The van der Waals surface area contributed by atoms with Crippen molar-refractivity contribution in [3.63, 3.8) is 0 Å². The fraction of sp³-hybridized carbons (Fsp3) is 0.190. The van der Waals surface area contributed by atoms with Crippen LogP contribution in [0.15, 0.2) is 65.9 Å². The number of ether oxygens (including phenoxy) is 2. The number of hydrogen-bond donors (Lipinski definition) is 3. The summed E-state index contributed by atoms with van der Waals surface area (Å²) in [7, 11) is 0. The molecule has 0 spiro atoms. The summed E-state index contributed by atoms with van der Waals surface area (Å²) in [5.41, 5.74) is 12.7. The molecule has 1 saturated heterocycles. The average Bonchev–Trinajstić information content (AvgIpc) is 3.23. The lowest BCUT2D eigenvalue weighted by molar-refractivity contribution is -0.395. The molecule has 0 unspecified atom stereocenters. The average molecular weight is 391 g/mol. The molecule has 8 nitrogen and oxygen atoms in total. The third-order valence-electron chi connectivity index (χ3n) is 4.52. The SMILES string of the molecule is NC(=N[C@@H]1CCNC1)c1c(N)nc[nH+]c1Oc1ccc(Oc2ccccc2)cc1. The van der Waals surface area contributed by atoms with Crippen LogP contribution in [0.5, 0.6) is 23.1 Å². The van der Waals surface area contributed by atoms with Crippen LogP contribution in [0.1, 0.15) is 12.0 Å². The maximum absolute atomic E-state index is 6.22. The molecule has 1 fully saturated rings. The van der Waals surface area contributed by atoms with Crippen molar-refractivity contribution in [2.24, 2.45) is 10.7 Å². The zero-order chi connectivity index (χ0) is 20.1. The number of nitrogens with one attached hydrogen (secondary N) is 2. The first-order valence-corrected chi connectivity index (χ1v) is 9.40. The first-order valence-electron chi connectivity index (χ1n) is 9.40. The molecule has 8 heteroatoms. The number of rotatable bonds is 6. The number of aromatic amines is 1. The molecular weight excluding hydrogens is 368 g/mol. The highest BCUT2D eigenvalue weighted by atomic mass is 16.5. The Labute approximate surface area is 168 Å². The number of benzene rings is 2. The highest BCUT2D eigenvalue weighted by Crippen LogP contribution is 2.27. The minimum absolute atomic E-state index is 0.122. The summed E-state index contributed by atoms with van der Waals surface area (Å²) >= 11 is 0. The van der Waals surface area contributed by atoms with E-state index in [1.54, 1.807) is 12.1 Å². The van der Waals surface area contributed by atoms with Crippen molar-refractivity contribution < 1.29 is 14.5 Å². The van der Waals surface area contributed by atoms with Crippen LogP contribution in [0.2, 0.25) is 0 Å². The topological polar surface area (TPSA) is 122 Å². The number of anilines is 1. The summed E-state index contributed by atoms with van der Waals surface area (Å²) in [6.07, 6.45) is 2.40.